The molecule has 0 spiro atoms. The predicted molar refractivity (Wildman–Crippen MR) is 86.9 cm³/mol. The number of benzene rings is 1. The summed E-state index contributed by atoms with van der Waals surface area (Å²) < 4.78 is 42.0. The second-order valence-electron chi connectivity index (χ2n) is 6.47. The molecule has 0 saturated carbocycles. The highest BCUT2D eigenvalue weighted by molar-refractivity contribution is 5.88. The topological polar surface area (TPSA) is 82.8 Å². The van der Waals surface area contributed by atoms with Crippen LogP contribution in [0.15, 0.2) is 12.1 Å². The molecule has 136 valence electrons. The van der Waals surface area contributed by atoms with Crippen LogP contribution in [0.3, 0.4) is 0 Å². The fourth-order valence-electron chi connectivity index (χ4n) is 1.91. The number of amides is 1. The van der Waals surface area contributed by atoms with E-state index in [-0.39, 0.29) is 22.7 Å². The molecule has 6 nitrogen and oxygen atoms in total. The molecule has 0 heterocycles. The van der Waals surface area contributed by atoms with Crippen molar-refractivity contribution in [3.05, 3.63) is 17.7 Å². The average molecular weight is 346 g/mol. The van der Waals surface area contributed by atoms with E-state index in [1.54, 1.807) is 20.8 Å². The maximum Gasteiger partial charge on any atom is 0.412 e. The number of carbonyl (C=O) groups excluding carboxylic acids is 1. The Morgan fingerprint density at radius 1 is 1.17 bits per heavy atom. The molecule has 0 aliphatic heterocycles. The third kappa shape index (κ3) is 4.70. The number of hydrogen-bond acceptors (Lipinski definition) is 5. The van der Waals surface area contributed by atoms with Crippen molar-refractivity contribution in [2.24, 2.45) is 5.73 Å². The highest BCUT2D eigenvalue weighted by atomic mass is 19.3. The normalized spacial score (nSPS) is 14.1. The first kappa shape index (κ1) is 20.0. The summed E-state index contributed by atoms with van der Waals surface area (Å²) in [4.78, 5) is 12.0. The van der Waals surface area contributed by atoms with Gasteiger partial charge in [-0.25, -0.2) is 13.6 Å². The summed E-state index contributed by atoms with van der Waals surface area (Å²) in [5, 5.41) is 2.48. The number of nitrogens with one attached hydrogen (secondary N) is 1. The minimum atomic E-state index is -2.81. The standard InChI is InChI=1S/C16H24F2N2O4/c1-15(2,3)24-14(21)20-10-7-9(16(4,19)13(17)18)8-11(22-5)12(10)23-6/h7-8,13H,19H2,1-6H3,(H,20,21). The Hall–Kier alpha value is -2.09. The quantitative estimate of drug-likeness (QED) is 0.853. The number of nitrogens with two attached hydrogens (primary N) is 1. The molecule has 1 atom stereocenters. The second-order valence-corrected chi connectivity index (χ2v) is 6.47. The lowest BCUT2D eigenvalue weighted by Gasteiger charge is -2.26. The SMILES string of the molecule is COc1cc(C(C)(N)C(F)F)cc(NC(=O)OC(C)(C)C)c1OC. The van der Waals surface area contributed by atoms with Gasteiger partial charge in [-0.3, -0.25) is 5.32 Å². The highest BCUT2D eigenvalue weighted by Gasteiger charge is 2.34. The molecule has 0 bridgehead atoms. The van der Waals surface area contributed by atoms with Crippen molar-refractivity contribution >= 4 is 11.8 Å². The summed E-state index contributed by atoms with van der Waals surface area (Å²) in [7, 11) is 2.72. The third-order valence-electron chi connectivity index (χ3n) is 3.19. The maximum atomic E-state index is 13.2. The van der Waals surface area contributed by atoms with Crippen molar-refractivity contribution in [2.45, 2.75) is 45.3 Å². The zero-order valence-electron chi connectivity index (χ0n) is 14.7. The van der Waals surface area contributed by atoms with Crippen LogP contribution in [0.2, 0.25) is 0 Å². The summed E-state index contributed by atoms with van der Waals surface area (Å²) in [5.41, 5.74) is 3.27. The maximum absolute atomic E-state index is 13.2. The molecule has 1 aromatic rings. The van der Waals surface area contributed by atoms with Gasteiger partial charge in [0.15, 0.2) is 11.5 Å². The molecule has 1 unspecified atom stereocenters. The first-order valence-corrected chi connectivity index (χ1v) is 7.26. The van der Waals surface area contributed by atoms with E-state index in [9.17, 15) is 13.6 Å². The van der Waals surface area contributed by atoms with Gasteiger partial charge in [0.1, 0.15) is 5.60 Å². The van der Waals surface area contributed by atoms with Crippen LogP contribution >= 0.6 is 0 Å². The van der Waals surface area contributed by atoms with E-state index in [0.29, 0.717) is 0 Å². The van der Waals surface area contributed by atoms with Gasteiger partial charge in [-0.05, 0) is 45.4 Å². The summed E-state index contributed by atoms with van der Waals surface area (Å²) in [5.74, 6) is 0.343. The lowest BCUT2D eigenvalue weighted by atomic mass is 9.92. The molecule has 24 heavy (non-hydrogen) atoms. The van der Waals surface area contributed by atoms with Crippen LogP contribution in [-0.2, 0) is 10.3 Å². The van der Waals surface area contributed by atoms with Crippen molar-refractivity contribution in [2.75, 3.05) is 19.5 Å². The number of ether oxygens (including phenoxy) is 3. The number of anilines is 1. The largest absolute Gasteiger partial charge is 0.493 e. The summed E-state index contributed by atoms with van der Waals surface area (Å²) >= 11 is 0. The summed E-state index contributed by atoms with van der Waals surface area (Å²) in [6.45, 7) is 6.30. The lowest BCUT2D eigenvalue weighted by Crippen LogP contribution is -2.40. The molecular weight excluding hydrogens is 322 g/mol. The van der Waals surface area contributed by atoms with E-state index >= 15 is 0 Å². The molecule has 0 radical (unpaired) electrons. The molecule has 0 aromatic heterocycles. The lowest BCUT2D eigenvalue weighted by molar-refractivity contribution is 0.0624. The Morgan fingerprint density at radius 2 is 1.75 bits per heavy atom. The van der Waals surface area contributed by atoms with E-state index in [1.807, 2.05) is 0 Å². The Kier molecular flexibility index (Phi) is 5.99. The molecule has 0 saturated heterocycles. The van der Waals surface area contributed by atoms with Crippen LogP contribution < -0.4 is 20.5 Å². The third-order valence-corrected chi connectivity index (χ3v) is 3.19. The molecule has 0 aliphatic rings. The van der Waals surface area contributed by atoms with Crippen molar-refractivity contribution < 1.29 is 27.8 Å². The van der Waals surface area contributed by atoms with E-state index < -0.39 is 23.7 Å². The van der Waals surface area contributed by atoms with Crippen molar-refractivity contribution in [3.63, 3.8) is 0 Å². The zero-order valence-corrected chi connectivity index (χ0v) is 14.7. The zero-order chi connectivity index (χ0) is 18.7. The number of hydrogen-bond donors (Lipinski definition) is 2. The highest BCUT2D eigenvalue weighted by Crippen LogP contribution is 2.40. The summed E-state index contributed by atoms with van der Waals surface area (Å²) in [6.07, 6.45) is -3.57. The van der Waals surface area contributed by atoms with E-state index in [0.717, 1.165) is 0 Å². The van der Waals surface area contributed by atoms with Crippen LogP contribution in [0.5, 0.6) is 11.5 Å². The van der Waals surface area contributed by atoms with E-state index in [4.69, 9.17) is 19.9 Å². The number of alkyl halides is 2. The molecule has 0 aliphatic carbocycles. The van der Waals surface area contributed by atoms with Gasteiger partial charge in [-0.1, -0.05) is 0 Å². The molecule has 8 heteroatoms. The number of carbonyl (C=O) groups is 1. The molecule has 0 fully saturated rings. The van der Waals surface area contributed by atoms with Crippen molar-refractivity contribution in [1.29, 1.82) is 0 Å². The molecule has 3 N–H and O–H groups in total. The van der Waals surface area contributed by atoms with Gasteiger partial charge >= 0.3 is 6.09 Å². The van der Waals surface area contributed by atoms with Gasteiger partial charge in [-0.15, -0.1) is 0 Å². The van der Waals surface area contributed by atoms with Crippen LogP contribution in [0, 0.1) is 0 Å². The Labute approximate surface area is 140 Å². The number of rotatable bonds is 5. The van der Waals surface area contributed by atoms with Gasteiger partial charge in [0.2, 0.25) is 0 Å². The predicted octanol–water partition coefficient (Wildman–Crippen LogP) is 3.49. The molecular formula is C16H24F2N2O4. The van der Waals surface area contributed by atoms with Crippen molar-refractivity contribution in [1.82, 2.24) is 0 Å². The van der Waals surface area contributed by atoms with Gasteiger partial charge in [0.05, 0.1) is 25.4 Å². The van der Waals surface area contributed by atoms with Gasteiger partial charge < -0.3 is 19.9 Å². The summed E-state index contributed by atoms with van der Waals surface area (Å²) in [6, 6.07) is 2.67. The molecule has 1 aromatic carbocycles. The van der Waals surface area contributed by atoms with E-state index in [2.05, 4.69) is 5.32 Å². The minimum Gasteiger partial charge on any atom is -0.493 e. The first-order chi connectivity index (χ1) is 10.9. The van der Waals surface area contributed by atoms with Crippen LogP contribution in [0.1, 0.15) is 33.3 Å². The Bertz CT molecular complexity index is 598. The monoisotopic (exact) mass is 346 g/mol. The fraction of sp³-hybridized carbons (Fsp3) is 0.562. The smallest absolute Gasteiger partial charge is 0.412 e. The number of methoxy groups -OCH3 is 2. The van der Waals surface area contributed by atoms with Crippen molar-refractivity contribution in [3.8, 4) is 11.5 Å². The second kappa shape index (κ2) is 7.21. The molecule has 1 rings (SSSR count). The Morgan fingerprint density at radius 3 is 2.17 bits per heavy atom. The van der Waals surface area contributed by atoms with Crippen LogP contribution in [-0.4, -0.2) is 32.3 Å². The number of halogens is 2. The first-order valence-electron chi connectivity index (χ1n) is 7.26. The fourth-order valence-corrected chi connectivity index (χ4v) is 1.91. The van der Waals surface area contributed by atoms with Gasteiger partial charge in [0, 0.05) is 0 Å². The Balaban J connectivity index is 3.33. The molecule has 1 amide bonds. The van der Waals surface area contributed by atoms with Crippen LogP contribution in [0.25, 0.3) is 0 Å². The van der Waals surface area contributed by atoms with Gasteiger partial charge in [-0.2, -0.15) is 0 Å². The van der Waals surface area contributed by atoms with Gasteiger partial charge in [0.25, 0.3) is 6.43 Å². The van der Waals surface area contributed by atoms with Crippen LogP contribution in [0.4, 0.5) is 19.3 Å². The average Bonchev–Trinajstić information content (AvgIpc) is 2.43. The van der Waals surface area contributed by atoms with E-state index in [1.165, 1.54) is 33.3 Å². The minimum absolute atomic E-state index is 0.0845.